The van der Waals surface area contributed by atoms with Crippen LogP contribution in [0, 0.1) is 0 Å². The van der Waals surface area contributed by atoms with E-state index in [2.05, 4.69) is 37.5 Å². The van der Waals surface area contributed by atoms with Gasteiger partial charge in [-0.05, 0) is 35.6 Å². The fraction of sp³-hybridized carbons (Fsp3) is 0.350. The molecule has 1 aliphatic rings. The Hall–Kier alpha value is -1.93. The highest BCUT2D eigenvalue weighted by Gasteiger charge is 2.20. The molecule has 9 heteroatoms. The number of rotatable bonds is 6. The summed E-state index contributed by atoms with van der Waals surface area (Å²) in [7, 11) is 1.64. The van der Waals surface area contributed by atoms with Gasteiger partial charge in [-0.1, -0.05) is 6.07 Å². The van der Waals surface area contributed by atoms with Crippen molar-refractivity contribution in [2.24, 2.45) is 0 Å². The molecule has 0 radical (unpaired) electrons. The summed E-state index contributed by atoms with van der Waals surface area (Å²) in [6, 6.07) is 9.53. The average molecular weight is 457 g/mol. The fourth-order valence-corrected chi connectivity index (χ4v) is 4.31. The molecule has 0 atom stereocenters. The number of piperazine rings is 1. The number of H-pyrrole nitrogens is 1. The Bertz CT molecular complexity index is 881. The highest BCUT2D eigenvalue weighted by molar-refractivity contribution is 7.13. The van der Waals surface area contributed by atoms with Gasteiger partial charge >= 0.3 is 0 Å². The molecule has 3 aromatic rings. The van der Waals surface area contributed by atoms with Crippen molar-refractivity contribution in [2.75, 3.05) is 44.7 Å². The standard InChI is InChI=1S/C20H24N4O2S.2ClH/c1-26-18-13-16(25)4-5-17(18)24-10-8-23(9-11-24)7-6-15-14-21-22-20(15)19-3-2-12-27-19;;/h2-5,12-14,25H,6-11H2,1H3,(H,21,22);2*1H. The summed E-state index contributed by atoms with van der Waals surface area (Å²) < 4.78 is 5.43. The lowest BCUT2D eigenvalue weighted by molar-refractivity contribution is 0.260. The quantitative estimate of drug-likeness (QED) is 0.585. The van der Waals surface area contributed by atoms with E-state index in [-0.39, 0.29) is 30.6 Å². The number of nitrogens with zero attached hydrogens (tertiary/aromatic N) is 3. The number of thiophene rings is 1. The first kappa shape index (κ1) is 23.3. The summed E-state index contributed by atoms with van der Waals surface area (Å²) in [5.74, 6) is 0.957. The molecule has 2 N–H and O–H groups in total. The van der Waals surface area contributed by atoms with Crippen LogP contribution in [0.3, 0.4) is 0 Å². The van der Waals surface area contributed by atoms with Gasteiger partial charge in [0.2, 0.25) is 0 Å². The van der Waals surface area contributed by atoms with Crippen LogP contribution in [0.15, 0.2) is 41.9 Å². The number of hydrogen-bond donors (Lipinski definition) is 2. The number of ether oxygens (including phenoxy) is 1. The summed E-state index contributed by atoms with van der Waals surface area (Å²) in [5.41, 5.74) is 3.47. The molecule has 0 spiro atoms. The summed E-state index contributed by atoms with van der Waals surface area (Å²) in [4.78, 5) is 6.06. The number of halogens is 2. The lowest BCUT2D eigenvalue weighted by Crippen LogP contribution is -2.47. The van der Waals surface area contributed by atoms with E-state index < -0.39 is 0 Å². The Morgan fingerprint density at radius 2 is 1.97 bits per heavy atom. The fourth-order valence-electron chi connectivity index (χ4n) is 3.55. The van der Waals surface area contributed by atoms with Gasteiger partial charge in [-0.3, -0.25) is 10.00 Å². The molecule has 0 aliphatic carbocycles. The smallest absolute Gasteiger partial charge is 0.145 e. The molecule has 3 heterocycles. The maximum atomic E-state index is 9.65. The zero-order valence-corrected chi connectivity index (χ0v) is 18.7. The van der Waals surface area contributed by atoms with Gasteiger partial charge in [-0.25, -0.2) is 0 Å². The van der Waals surface area contributed by atoms with Crippen molar-refractivity contribution in [3.8, 4) is 22.1 Å². The zero-order valence-electron chi connectivity index (χ0n) is 16.2. The zero-order chi connectivity index (χ0) is 18.6. The second kappa shape index (κ2) is 10.7. The van der Waals surface area contributed by atoms with E-state index in [0.29, 0.717) is 0 Å². The molecule has 6 nitrogen and oxygen atoms in total. The van der Waals surface area contributed by atoms with Crippen molar-refractivity contribution in [3.63, 3.8) is 0 Å². The Morgan fingerprint density at radius 1 is 1.17 bits per heavy atom. The second-order valence-electron chi connectivity index (χ2n) is 6.68. The van der Waals surface area contributed by atoms with Crippen LogP contribution >= 0.6 is 36.2 Å². The molecule has 4 rings (SSSR count). The van der Waals surface area contributed by atoms with E-state index in [1.54, 1.807) is 30.6 Å². The van der Waals surface area contributed by atoms with Crippen LogP contribution in [0.5, 0.6) is 11.5 Å². The van der Waals surface area contributed by atoms with E-state index in [1.807, 2.05) is 12.3 Å². The van der Waals surface area contributed by atoms with Crippen molar-refractivity contribution < 1.29 is 9.84 Å². The normalized spacial score (nSPS) is 14.2. The number of aromatic nitrogens is 2. The second-order valence-corrected chi connectivity index (χ2v) is 7.63. The van der Waals surface area contributed by atoms with Crippen LogP contribution < -0.4 is 9.64 Å². The molecular formula is C20H26Cl2N4O2S. The summed E-state index contributed by atoms with van der Waals surface area (Å²) in [5, 5.41) is 19.1. The van der Waals surface area contributed by atoms with Crippen molar-refractivity contribution in [1.82, 2.24) is 15.1 Å². The number of phenols is 1. The third-order valence-electron chi connectivity index (χ3n) is 5.06. The molecule has 158 valence electrons. The molecule has 0 unspecified atom stereocenters. The van der Waals surface area contributed by atoms with Crippen molar-refractivity contribution in [1.29, 1.82) is 0 Å². The third kappa shape index (κ3) is 5.36. The van der Waals surface area contributed by atoms with Crippen molar-refractivity contribution in [3.05, 3.63) is 47.5 Å². The number of phenolic OH excluding ortho intramolecular Hbond substituents is 1. The predicted molar refractivity (Wildman–Crippen MR) is 123 cm³/mol. The minimum absolute atomic E-state index is 0. The average Bonchev–Trinajstić information content (AvgIpc) is 3.38. The molecular weight excluding hydrogens is 431 g/mol. The predicted octanol–water partition coefficient (Wildman–Crippen LogP) is 4.06. The molecule has 2 aromatic heterocycles. The van der Waals surface area contributed by atoms with E-state index >= 15 is 0 Å². The van der Waals surface area contributed by atoms with Crippen LogP contribution in [0.4, 0.5) is 5.69 Å². The molecule has 29 heavy (non-hydrogen) atoms. The van der Waals surface area contributed by atoms with Crippen molar-refractivity contribution >= 4 is 41.8 Å². The summed E-state index contributed by atoms with van der Waals surface area (Å²) in [6.45, 7) is 4.94. The first-order valence-corrected chi connectivity index (χ1v) is 10.0. The molecule has 0 bridgehead atoms. The molecule has 1 fully saturated rings. The summed E-state index contributed by atoms with van der Waals surface area (Å²) >= 11 is 1.74. The highest BCUT2D eigenvalue weighted by Crippen LogP contribution is 2.32. The number of aromatic hydroxyl groups is 1. The van der Waals surface area contributed by atoms with E-state index in [0.717, 1.165) is 56.3 Å². The number of benzene rings is 1. The Kier molecular flexibility index (Phi) is 8.64. The summed E-state index contributed by atoms with van der Waals surface area (Å²) in [6.07, 6.45) is 2.94. The first-order chi connectivity index (χ1) is 13.2. The van der Waals surface area contributed by atoms with Crippen molar-refractivity contribution in [2.45, 2.75) is 6.42 Å². The number of hydrogen-bond acceptors (Lipinski definition) is 6. The van der Waals surface area contributed by atoms with Crippen LogP contribution in [0.2, 0.25) is 0 Å². The van der Waals surface area contributed by atoms with Crippen LogP contribution in [-0.2, 0) is 6.42 Å². The lowest BCUT2D eigenvalue weighted by Gasteiger charge is -2.36. The van der Waals surface area contributed by atoms with Gasteiger partial charge in [-0.15, -0.1) is 36.2 Å². The Morgan fingerprint density at radius 3 is 2.66 bits per heavy atom. The third-order valence-corrected chi connectivity index (χ3v) is 5.95. The number of methoxy groups -OCH3 is 1. The van der Waals surface area contributed by atoms with Gasteiger partial charge < -0.3 is 14.7 Å². The van der Waals surface area contributed by atoms with E-state index in [4.69, 9.17) is 4.74 Å². The SMILES string of the molecule is COc1cc(O)ccc1N1CCN(CCc2cn[nH]c2-c2cccs2)CC1.Cl.Cl. The molecule has 1 aromatic carbocycles. The Balaban J connectivity index is 0.00000150. The van der Waals surface area contributed by atoms with Gasteiger partial charge in [0.05, 0.1) is 29.6 Å². The largest absolute Gasteiger partial charge is 0.508 e. The molecule has 1 aliphatic heterocycles. The van der Waals surface area contributed by atoms with Gasteiger partial charge in [0.1, 0.15) is 11.5 Å². The molecule has 0 amide bonds. The topological polar surface area (TPSA) is 64.6 Å². The molecule has 1 saturated heterocycles. The van der Waals surface area contributed by atoms with Gasteiger partial charge in [0.15, 0.2) is 0 Å². The van der Waals surface area contributed by atoms with Crippen LogP contribution in [0.25, 0.3) is 10.6 Å². The monoisotopic (exact) mass is 456 g/mol. The minimum Gasteiger partial charge on any atom is -0.508 e. The van der Waals surface area contributed by atoms with Gasteiger partial charge in [-0.2, -0.15) is 5.10 Å². The Labute approximate surface area is 187 Å². The van der Waals surface area contributed by atoms with Crippen LogP contribution in [0.1, 0.15) is 5.56 Å². The van der Waals surface area contributed by atoms with Gasteiger partial charge in [0.25, 0.3) is 0 Å². The number of anilines is 1. The van der Waals surface area contributed by atoms with E-state index in [1.165, 1.54) is 10.4 Å². The van der Waals surface area contributed by atoms with Crippen LogP contribution in [-0.4, -0.2) is 60.0 Å². The maximum Gasteiger partial charge on any atom is 0.145 e. The highest BCUT2D eigenvalue weighted by atomic mass is 35.5. The first-order valence-electron chi connectivity index (χ1n) is 9.15. The number of aromatic amines is 1. The number of nitrogens with one attached hydrogen (secondary N) is 1. The maximum absolute atomic E-state index is 9.65. The minimum atomic E-state index is 0. The van der Waals surface area contributed by atoms with E-state index in [9.17, 15) is 5.11 Å². The van der Waals surface area contributed by atoms with Gasteiger partial charge in [0, 0.05) is 38.8 Å². The lowest BCUT2D eigenvalue weighted by atomic mass is 10.1. The molecule has 0 saturated carbocycles.